The molecule has 5 nitrogen and oxygen atoms in total. The van der Waals surface area contributed by atoms with Gasteiger partial charge in [0.15, 0.2) is 0 Å². The van der Waals surface area contributed by atoms with Crippen LogP contribution in [0.1, 0.15) is 16.1 Å². The van der Waals surface area contributed by atoms with E-state index in [2.05, 4.69) is 15.6 Å². The van der Waals surface area contributed by atoms with E-state index in [4.69, 9.17) is 4.74 Å². The minimum Gasteiger partial charge on any atom is -0.497 e. The lowest BCUT2D eigenvalue weighted by atomic mass is 10.1. The summed E-state index contributed by atoms with van der Waals surface area (Å²) >= 11 is 0. The topological polar surface area (TPSA) is 63.2 Å². The molecule has 0 saturated heterocycles. The number of aromatic nitrogens is 1. The molecule has 0 aliphatic carbocycles. The van der Waals surface area contributed by atoms with Crippen LogP contribution in [0.5, 0.6) is 5.75 Å². The minimum absolute atomic E-state index is 0.242. The Morgan fingerprint density at radius 1 is 1.00 bits per heavy atom. The van der Waals surface area contributed by atoms with Gasteiger partial charge in [-0.2, -0.15) is 0 Å². The van der Waals surface area contributed by atoms with Crippen LogP contribution in [-0.4, -0.2) is 24.5 Å². The summed E-state index contributed by atoms with van der Waals surface area (Å²) < 4.78 is 18.0. The van der Waals surface area contributed by atoms with E-state index in [0.29, 0.717) is 18.7 Å². The van der Waals surface area contributed by atoms with Crippen LogP contribution in [0.25, 0.3) is 0 Å². The fourth-order valence-corrected chi connectivity index (χ4v) is 2.51. The van der Waals surface area contributed by atoms with Crippen LogP contribution in [-0.2, 0) is 6.42 Å². The minimum atomic E-state index is -0.268. The van der Waals surface area contributed by atoms with E-state index < -0.39 is 0 Å². The average Bonchev–Trinajstić information content (AvgIpc) is 2.70. The second kappa shape index (κ2) is 8.80. The molecule has 0 unspecified atom stereocenters. The van der Waals surface area contributed by atoms with Crippen molar-refractivity contribution in [3.05, 3.63) is 83.9 Å². The average molecular weight is 365 g/mol. The molecule has 1 heterocycles. The highest BCUT2D eigenvalue weighted by Gasteiger charge is 2.07. The smallest absolute Gasteiger partial charge is 0.269 e. The van der Waals surface area contributed by atoms with Crippen LogP contribution in [0.3, 0.4) is 0 Å². The number of nitrogens with one attached hydrogen (secondary N) is 2. The third kappa shape index (κ3) is 5.28. The molecule has 27 heavy (non-hydrogen) atoms. The summed E-state index contributed by atoms with van der Waals surface area (Å²) in [6, 6.07) is 17.2. The predicted octanol–water partition coefficient (Wildman–Crippen LogP) is 3.95. The van der Waals surface area contributed by atoms with Gasteiger partial charge in [-0.05, 0) is 60.5 Å². The second-order valence-corrected chi connectivity index (χ2v) is 5.92. The molecule has 3 aromatic rings. The molecule has 2 aromatic carbocycles. The van der Waals surface area contributed by atoms with Crippen LogP contribution in [0.4, 0.5) is 15.8 Å². The van der Waals surface area contributed by atoms with Crippen LogP contribution >= 0.6 is 0 Å². The summed E-state index contributed by atoms with van der Waals surface area (Å²) in [4.78, 5) is 16.4. The van der Waals surface area contributed by atoms with Gasteiger partial charge in [-0.25, -0.2) is 9.37 Å². The molecule has 1 aromatic heterocycles. The monoisotopic (exact) mass is 365 g/mol. The number of ether oxygens (including phenoxy) is 1. The molecule has 0 aliphatic rings. The molecule has 0 saturated carbocycles. The van der Waals surface area contributed by atoms with Gasteiger partial charge >= 0.3 is 0 Å². The van der Waals surface area contributed by atoms with Gasteiger partial charge in [0.2, 0.25) is 0 Å². The van der Waals surface area contributed by atoms with Gasteiger partial charge in [0.05, 0.1) is 19.0 Å². The zero-order chi connectivity index (χ0) is 19.1. The molecule has 0 spiro atoms. The maximum absolute atomic E-state index is 12.9. The number of pyridine rings is 1. The SMILES string of the molecule is COc1ccc(Nc2ccc(C(=O)NCCc3ccc(F)cc3)nc2)cc1. The van der Waals surface area contributed by atoms with Crippen LogP contribution < -0.4 is 15.4 Å². The van der Waals surface area contributed by atoms with Gasteiger partial charge in [-0.1, -0.05) is 12.1 Å². The largest absolute Gasteiger partial charge is 0.497 e. The summed E-state index contributed by atoms with van der Waals surface area (Å²) in [6.07, 6.45) is 2.24. The Hall–Kier alpha value is -3.41. The number of carbonyl (C=O) groups excluding carboxylic acids is 1. The summed E-state index contributed by atoms with van der Waals surface area (Å²) in [6.45, 7) is 0.456. The molecule has 1 amide bonds. The standard InChI is InChI=1S/C21H20FN3O2/c1-27-19-9-6-17(7-10-19)25-18-8-11-20(24-14-18)21(26)23-13-12-15-2-4-16(22)5-3-15/h2-11,14,25H,12-13H2,1H3,(H,23,26). The number of amides is 1. The maximum atomic E-state index is 12.9. The van der Waals surface area contributed by atoms with Crippen molar-refractivity contribution in [3.8, 4) is 5.75 Å². The van der Waals surface area contributed by atoms with Crippen molar-refractivity contribution in [2.45, 2.75) is 6.42 Å². The van der Waals surface area contributed by atoms with Crippen LogP contribution in [0.15, 0.2) is 66.9 Å². The van der Waals surface area contributed by atoms with Gasteiger partial charge in [-0.15, -0.1) is 0 Å². The first-order chi connectivity index (χ1) is 13.1. The van der Waals surface area contributed by atoms with E-state index in [9.17, 15) is 9.18 Å². The van der Waals surface area contributed by atoms with E-state index in [1.54, 1.807) is 37.6 Å². The number of rotatable bonds is 7. The van der Waals surface area contributed by atoms with Crippen LogP contribution in [0.2, 0.25) is 0 Å². The number of carbonyl (C=O) groups is 1. The van der Waals surface area contributed by atoms with E-state index in [-0.39, 0.29) is 11.7 Å². The number of nitrogens with zero attached hydrogens (tertiary/aromatic N) is 1. The van der Waals surface area contributed by atoms with Gasteiger partial charge in [0.25, 0.3) is 5.91 Å². The second-order valence-electron chi connectivity index (χ2n) is 5.92. The Morgan fingerprint density at radius 3 is 2.33 bits per heavy atom. The van der Waals surface area contributed by atoms with Crippen molar-refractivity contribution in [2.24, 2.45) is 0 Å². The zero-order valence-electron chi connectivity index (χ0n) is 14.9. The quantitative estimate of drug-likeness (QED) is 0.666. The third-order valence-corrected chi connectivity index (χ3v) is 3.99. The van der Waals surface area contributed by atoms with E-state index >= 15 is 0 Å². The van der Waals surface area contributed by atoms with Crippen molar-refractivity contribution in [1.82, 2.24) is 10.3 Å². The van der Waals surface area contributed by atoms with E-state index in [1.807, 2.05) is 24.3 Å². The van der Waals surface area contributed by atoms with E-state index in [0.717, 1.165) is 22.7 Å². The molecule has 0 atom stereocenters. The summed E-state index contributed by atoms with van der Waals surface area (Å²) in [5.74, 6) is 0.273. The first-order valence-corrected chi connectivity index (χ1v) is 8.54. The van der Waals surface area contributed by atoms with Gasteiger partial charge < -0.3 is 15.4 Å². The summed E-state index contributed by atoms with van der Waals surface area (Å²) in [5.41, 5.74) is 2.98. The van der Waals surface area contributed by atoms with E-state index in [1.165, 1.54) is 12.1 Å². The molecular weight excluding hydrogens is 345 g/mol. The number of benzene rings is 2. The predicted molar refractivity (Wildman–Crippen MR) is 103 cm³/mol. The molecule has 0 bridgehead atoms. The first-order valence-electron chi connectivity index (χ1n) is 8.54. The lowest BCUT2D eigenvalue weighted by molar-refractivity contribution is 0.0949. The fourth-order valence-electron chi connectivity index (χ4n) is 2.51. The normalized spacial score (nSPS) is 10.3. The highest BCUT2D eigenvalue weighted by Crippen LogP contribution is 2.19. The van der Waals surface area contributed by atoms with Crippen molar-refractivity contribution in [2.75, 3.05) is 19.0 Å². The molecule has 138 valence electrons. The lowest BCUT2D eigenvalue weighted by Crippen LogP contribution is -2.26. The van der Waals surface area contributed by atoms with Crippen molar-refractivity contribution >= 4 is 17.3 Å². The number of hydrogen-bond donors (Lipinski definition) is 2. The Balaban J connectivity index is 1.51. The summed E-state index contributed by atoms with van der Waals surface area (Å²) in [5, 5.41) is 6.02. The number of anilines is 2. The molecule has 0 radical (unpaired) electrons. The van der Waals surface area contributed by atoms with Gasteiger partial charge in [-0.3, -0.25) is 4.79 Å². The molecule has 2 N–H and O–H groups in total. The lowest BCUT2D eigenvalue weighted by Gasteiger charge is -2.08. The summed E-state index contributed by atoms with van der Waals surface area (Å²) in [7, 11) is 1.62. The highest BCUT2D eigenvalue weighted by molar-refractivity contribution is 5.92. The number of halogens is 1. The number of hydrogen-bond acceptors (Lipinski definition) is 4. The van der Waals surface area contributed by atoms with Crippen molar-refractivity contribution in [1.29, 1.82) is 0 Å². The van der Waals surface area contributed by atoms with Gasteiger partial charge in [0, 0.05) is 12.2 Å². The molecule has 3 rings (SSSR count). The van der Waals surface area contributed by atoms with Crippen molar-refractivity contribution < 1.29 is 13.9 Å². The Kier molecular flexibility index (Phi) is 5.99. The van der Waals surface area contributed by atoms with Crippen LogP contribution in [0, 0.1) is 5.82 Å². The van der Waals surface area contributed by atoms with Gasteiger partial charge in [0.1, 0.15) is 17.3 Å². The Labute approximate surface area is 157 Å². The molecule has 0 fully saturated rings. The molecular formula is C21H20FN3O2. The molecule has 6 heteroatoms. The third-order valence-electron chi connectivity index (χ3n) is 3.99. The Bertz CT molecular complexity index is 879. The highest BCUT2D eigenvalue weighted by atomic mass is 19.1. The molecule has 0 aliphatic heterocycles. The Morgan fingerprint density at radius 2 is 1.70 bits per heavy atom. The number of methoxy groups -OCH3 is 1. The first kappa shape index (κ1) is 18.4. The fraction of sp³-hybridized carbons (Fsp3) is 0.143. The maximum Gasteiger partial charge on any atom is 0.269 e. The van der Waals surface area contributed by atoms with Crippen molar-refractivity contribution in [3.63, 3.8) is 0 Å². The zero-order valence-corrected chi connectivity index (χ0v) is 14.9.